The van der Waals surface area contributed by atoms with Gasteiger partial charge in [0.1, 0.15) is 12.2 Å². The summed E-state index contributed by atoms with van der Waals surface area (Å²) in [7, 11) is 4.72. The van der Waals surface area contributed by atoms with E-state index in [2.05, 4.69) is 15.3 Å². The Hall–Kier alpha value is -2.77. The Morgan fingerprint density at radius 3 is 2.27 bits per heavy atom. The lowest BCUT2D eigenvalue weighted by Gasteiger charge is -2.28. The third-order valence-corrected chi connectivity index (χ3v) is 4.41. The molecule has 0 bridgehead atoms. The summed E-state index contributed by atoms with van der Waals surface area (Å²) in [6.45, 7) is 0. The van der Waals surface area contributed by atoms with Crippen LogP contribution in [0.15, 0.2) is 18.3 Å². The molecular weight excluding hydrogens is 338 g/mol. The molecule has 1 saturated carbocycles. The Labute approximate surface area is 151 Å². The number of nitrogens with one attached hydrogen (secondary N) is 1. The van der Waals surface area contributed by atoms with Crippen molar-refractivity contribution < 1.29 is 23.7 Å². The van der Waals surface area contributed by atoms with Gasteiger partial charge in [0.05, 0.1) is 31.4 Å². The number of amides is 1. The molecule has 1 aromatic carbocycles. The highest BCUT2D eigenvalue weighted by Gasteiger charge is 2.25. The van der Waals surface area contributed by atoms with Crippen LogP contribution in [0.25, 0.3) is 11.0 Å². The van der Waals surface area contributed by atoms with Crippen LogP contribution in [0, 0.1) is 0 Å². The predicted octanol–water partition coefficient (Wildman–Crippen LogP) is 2.69. The number of hydrogen-bond donors (Lipinski definition) is 1. The maximum atomic E-state index is 11.3. The highest BCUT2D eigenvalue weighted by atomic mass is 16.6. The first kappa shape index (κ1) is 18.0. The fraction of sp³-hybridized carbons (Fsp3) is 0.500. The van der Waals surface area contributed by atoms with E-state index in [1.54, 1.807) is 39.6 Å². The lowest BCUT2D eigenvalue weighted by Crippen LogP contribution is -2.32. The van der Waals surface area contributed by atoms with Crippen LogP contribution < -0.4 is 19.5 Å². The van der Waals surface area contributed by atoms with Crippen LogP contribution in [0.2, 0.25) is 0 Å². The van der Waals surface area contributed by atoms with Gasteiger partial charge in [0.2, 0.25) is 5.88 Å². The van der Waals surface area contributed by atoms with Crippen molar-refractivity contribution in [1.29, 1.82) is 0 Å². The van der Waals surface area contributed by atoms with Gasteiger partial charge in [0.15, 0.2) is 11.5 Å². The molecular formula is C18H23N3O5. The van der Waals surface area contributed by atoms with Gasteiger partial charge in [-0.3, -0.25) is 0 Å². The molecule has 3 rings (SSSR count). The number of benzene rings is 1. The van der Waals surface area contributed by atoms with Crippen molar-refractivity contribution in [2.24, 2.45) is 0 Å². The maximum absolute atomic E-state index is 11.3. The van der Waals surface area contributed by atoms with Gasteiger partial charge in [0, 0.05) is 19.2 Å². The molecule has 1 heterocycles. The Bertz CT molecular complexity index is 775. The molecule has 26 heavy (non-hydrogen) atoms. The van der Waals surface area contributed by atoms with E-state index in [1.165, 1.54) is 0 Å². The van der Waals surface area contributed by atoms with Crippen molar-refractivity contribution in [2.45, 2.75) is 37.9 Å². The monoisotopic (exact) mass is 361 g/mol. The van der Waals surface area contributed by atoms with E-state index in [0.717, 1.165) is 25.7 Å². The molecule has 1 N–H and O–H groups in total. The number of hydrogen-bond acceptors (Lipinski definition) is 7. The van der Waals surface area contributed by atoms with Crippen molar-refractivity contribution in [3.8, 4) is 17.4 Å². The zero-order valence-corrected chi connectivity index (χ0v) is 15.2. The molecule has 0 aliphatic heterocycles. The van der Waals surface area contributed by atoms with E-state index in [0.29, 0.717) is 28.4 Å². The summed E-state index contributed by atoms with van der Waals surface area (Å²) in [5.74, 6) is 1.68. The van der Waals surface area contributed by atoms with Crippen molar-refractivity contribution in [1.82, 2.24) is 15.3 Å². The minimum absolute atomic E-state index is 0.0337. The van der Waals surface area contributed by atoms with Crippen molar-refractivity contribution >= 4 is 17.1 Å². The maximum Gasteiger partial charge on any atom is 0.407 e. The molecule has 1 aromatic heterocycles. The summed E-state index contributed by atoms with van der Waals surface area (Å²) in [4.78, 5) is 20.2. The van der Waals surface area contributed by atoms with Crippen LogP contribution in [0.1, 0.15) is 25.7 Å². The van der Waals surface area contributed by atoms with Crippen LogP contribution in [0.3, 0.4) is 0 Å². The number of ether oxygens (including phenoxy) is 4. The number of rotatable bonds is 5. The summed E-state index contributed by atoms with van der Waals surface area (Å²) >= 11 is 0. The van der Waals surface area contributed by atoms with Crippen LogP contribution >= 0.6 is 0 Å². The lowest BCUT2D eigenvalue weighted by molar-refractivity contribution is 0.0420. The minimum atomic E-state index is -0.390. The molecule has 8 nitrogen and oxygen atoms in total. The molecule has 1 aliphatic carbocycles. The van der Waals surface area contributed by atoms with Crippen molar-refractivity contribution in [3.05, 3.63) is 18.3 Å². The standard InChI is InChI=1S/C18H23N3O5/c1-19-18(22)26-12-6-4-11(5-7-12)25-17-10-20-13-8-15(23-2)16(24-3)9-14(13)21-17/h8-12H,4-7H2,1-3H3,(H,19,22). The van der Waals surface area contributed by atoms with Crippen LogP contribution in [0.4, 0.5) is 4.79 Å². The molecule has 140 valence electrons. The van der Waals surface area contributed by atoms with E-state index in [1.807, 2.05) is 0 Å². The summed E-state index contributed by atoms with van der Waals surface area (Å²) in [6.07, 6.45) is 4.33. The first-order chi connectivity index (χ1) is 12.6. The van der Waals surface area contributed by atoms with Gasteiger partial charge in [-0.1, -0.05) is 0 Å². The normalized spacial score (nSPS) is 19.7. The first-order valence-corrected chi connectivity index (χ1v) is 8.56. The second-order valence-electron chi connectivity index (χ2n) is 6.08. The number of fused-ring (bicyclic) bond motifs is 1. The SMILES string of the molecule is CNC(=O)OC1CCC(Oc2cnc3cc(OC)c(OC)cc3n2)CC1. The van der Waals surface area contributed by atoms with Crippen LogP contribution in [-0.4, -0.2) is 49.5 Å². The van der Waals surface area contributed by atoms with Crippen LogP contribution in [-0.2, 0) is 4.74 Å². The lowest BCUT2D eigenvalue weighted by atomic mass is 9.95. The molecule has 1 fully saturated rings. The zero-order chi connectivity index (χ0) is 18.5. The number of carbonyl (C=O) groups is 1. The van der Waals surface area contributed by atoms with Gasteiger partial charge >= 0.3 is 6.09 Å². The van der Waals surface area contributed by atoms with E-state index in [4.69, 9.17) is 18.9 Å². The Balaban J connectivity index is 1.65. The molecule has 1 aliphatic rings. The molecule has 0 saturated heterocycles. The highest BCUT2D eigenvalue weighted by Crippen LogP contribution is 2.31. The topological polar surface area (TPSA) is 91.8 Å². The second-order valence-corrected chi connectivity index (χ2v) is 6.08. The van der Waals surface area contributed by atoms with Gasteiger partial charge < -0.3 is 24.3 Å². The minimum Gasteiger partial charge on any atom is -0.493 e. The summed E-state index contributed by atoms with van der Waals surface area (Å²) < 4.78 is 21.8. The number of methoxy groups -OCH3 is 2. The number of carbonyl (C=O) groups excluding carboxylic acids is 1. The molecule has 0 spiro atoms. The molecule has 0 radical (unpaired) electrons. The van der Waals surface area contributed by atoms with Gasteiger partial charge in [-0.2, -0.15) is 0 Å². The fourth-order valence-corrected chi connectivity index (χ4v) is 3.03. The van der Waals surface area contributed by atoms with E-state index >= 15 is 0 Å². The Morgan fingerprint density at radius 1 is 1.04 bits per heavy atom. The highest BCUT2D eigenvalue weighted by molar-refractivity contribution is 5.79. The number of aromatic nitrogens is 2. The summed E-state index contributed by atoms with van der Waals surface area (Å²) in [5, 5.41) is 2.47. The van der Waals surface area contributed by atoms with Gasteiger partial charge in [-0.25, -0.2) is 14.8 Å². The molecule has 0 unspecified atom stereocenters. The largest absolute Gasteiger partial charge is 0.493 e. The van der Waals surface area contributed by atoms with Gasteiger partial charge in [-0.15, -0.1) is 0 Å². The van der Waals surface area contributed by atoms with E-state index in [-0.39, 0.29) is 18.3 Å². The van der Waals surface area contributed by atoms with E-state index in [9.17, 15) is 4.79 Å². The molecule has 8 heteroatoms. The van der Waals surface area contributed by atoms with Crippen molar-refractivity contribution in [2.75, 3.05) is 21.3 Å². The molecule has 1 amide bonds. The molecule has 0 atom stereocenters. The summed E-state index contributed by atoms with van der Waals surface area (Å²) in [6, 6.07) is 3.56. The third kappa shape index (κ3) is 4.07. The average Bonchev–Trinajstić information content (AvgIpc) is 2.68. The van der Waals surface area contributed by atoms with Crippen molar-refractivity contribution in [3.63, 3.8) is 0 Å². The quantitative estimate of drug-likeness (QED) is 0.875. The average molecular weight is 361 g/mol. The Morgan fingerprint density at radius 2 is 1.65 bits per heavy atom. The predicted molar refractivity (Wildman–Crippen MR) is 94.9 cm³/mol. The number of nitrogens with zero attached hydrogens (tertiary/aromatic N) is 2. The molecule has 2 aromatic rings. The van der Waals surface area contributed by atoms with Gasteiger partial charge in [-0.05, 0) is 25.7 Å². The van der Waals surface area contributed by atoms with Gasteiger partial charge in [0.25, 0.3) is 0 Å². The second kappa shape index (κ2) is 8.07. The zero-order valence-electron chi connectivity index (χ0n) is 15.2. The number of alkyl carbamates (subject to hydrolysis) is 1. The Kier molecular flexibility index (Phi) is 5.60. The fourth-order valence-electron chi connectivity index (χ4n) is 3.03. The van der Waals surface area contributed by atoms with Crippen LogP contribution in [0.5, 0.6) is 17.4 Å². The summed E-state index contributed by atoms with van der Waals surface area (Å²) in [5.41, 5.74) is 1.38. The third-order valence-electron chi connectivity index (χ3n) is 4.41. The first-order valence-electron chi connectivity index (χ1n) is 8.56. The smallest absolute Gasteiger partial charge is 0.407 e. The van der Waals surface area contributed by atoms with E-state index < -0.39 is 0 Å².